The molecule has 1 aliphatic rings. The first-order valence-corrected chi connectivity index (χ1v) is 7.49. The SMILES string of the molecule is CC(C1CC1)N(CC(F)(F)F)C(=O)c1ccc(I)cc1. The van der Waals surface area contributed by atoms with Gasteiger partial charge in [0, 0.05) is 15.2 Å². The van der Waals surface area contributed by atoms with Gasteiger partial charge in [0.2, 0.25) is 0 Å². The summed E-state index contributed by atoms with van der Waals surface area (Å²) in [6, 6.07) is 6.23. The molecular formula is C14H15F3INO. The maximum atomic E-state index is 12.7. The summed E-state index contributed by atoms with van der Waals surface area (Å²) in [6.45, 7) is 0.517. The number of halogens is 4. The first kappa shape index (κ1) is 15.6. The van der Waals surface area contributed by atoms with Gasteiger partial charge < -0.3 is 4.90 Å². The molecule has 0 saturated heterocycles. The van der Waals surface area contributed by atoms with E-state index < -0.39 is 18.6 Å². The van der Waals surface area contributed by atoms with Crippen molar-refractivity contribution in [2.24, 2.45) is 5.92 Å². The van der Waals surface area contributed by atoms with E-state index in [0.717, 1.165) is 21.3 Å². The van der Waals surface area contributed by atoms with Gasteiger partial charge in [0.05, 0.1) is 0 Å². The normalized spacial score (nSPS) is 16.9. The Morgan fingerprint density at radius 1 is 1.35 bits per heavy atom. The number of carbonyl (C=O) groups excluding carboxylic acids is 1. The third kappa shape index (κ3) is 4.10. The third-order valence-electron chi connectivity index (χ3n) is 3.50. The Kier molecular flexibility index (Phi) is 4.61. The number of hydrogen-bond donors (Lipinski definition) is 0. The van der Waals surface area contributed by atoms with Gasteiger partial charge in [-0.3, -0.25) is 4.79 Å². The van der Waals surface area contributed by atoms with E-state index in [1.54, 1.807) is 31.2 Å². The van der Waals surface area contributed by atoms with Crippen molar-refractivity contribution in [1.82, 2.24) is 4.90 Å². The fourth-order valence-electron chi connectivity index (χ4n) is 2.19. The quantitative estimate of drug-likeness (QED) is 0.701. The highest BCUT2D eigenvalue weighted by Gasteiger charge is 2.40. The van der Waals surface area contributed by atoms with Crippen molar-refractivity contribution in [2.45, 2.75) is 32.0 Å². The van der Waals surface area contributed by atoms with E-state index in [-0.39, 0.29) is 12.0 Å². The lowest BCUT2D eigenvalue weighted by Crippen LogP contribution is -2.45. The summed E-state index contributed by atoms with van der Waals surface area (Å²) < 4.78 is 39.0. The molecule has 1 aromatic carbocycles. The van der Waals surface area contributed by atoms with Gasteiger partial charge in [0.1, 0.15) is 6.54 Å². The van der Waals surface area contributed by atoms with Crippen molar-refractivity contribution in [2.75, 3.05) is 6.54 Å². The molecular weight excluding hydrogens is 382 g/mol. The lowest BCUT2D eigenvalue weighted by Gasteiger charge is -2.30. The van der Waals surface area contributed by atoms with E-state index in [1.165, 1.54) is 0 Å². The number of carbonyl (C=O) groups is 1. The van der Waals surface area contributed by atoms with Crippen molar-refractivity contribution in [3.05, 3.63) is 33.4 Å². The molecule has 0 spiro atoms. The Balaban J connectivity index is 2.20. The van der Waals surface area contributed by atoms with E-state index in [4.69, 9.17) is 0 Å². The Bertz CT molecular complexity index is 482. The standard InChI is InChI=1S/C14H15F3INO/c1-9(10-2-3-10)19(8-14(15,16)17)13(20)11-4-6-12(18)7-5-11/h4-7,9-10H,2-3,8H2,1H3. The minimum absolute atomic E-state index is 0.199. The second kappa shape index (κ2) is 5.91. The number of amides is 1. The zero-order valence-electron chi connectivity index (χ0n) is 11.0. The maximum Gasteiger partial charge on any atom is 0.406 e. The van der Waals surface area contributed by atoms with Gasteiger partial charge in [-0.15, -0.1) is 0 Å². The summed E-state index contributed by atoms with van der Waals surface area (Å²) >= 11 is 2.09. The summed E-state index contributed by atoms with van der Waals surface area (Å²) in [7, 11) is 0. The largest absolute Gasteiger partial charge is 0.406 e. The van der Waals surface area contributed by atoms with Gasteiger partial charge in [-0.25, -0.2) is 0 Å². The van der Waals surface area contributed by atoms with Gasteiger partial charge >= 0.3 is 6.18 Å². The van der Waals surface area contributed by atoms with Crippen molar-refractivity contribution >= 4 is 28.5 Å². The predicted octanol–water partition coefficient (Wildman–Crippen LogP) is 4.09. The zero-order chi connectivity index (χ0) is 14.9. The van der Waals surface area contributed by atoms with Gasteiger partial charge in [-0.1, -0.05) is 0 Å². The highest BCUT2D eigenvalue weighted by atomic mass is 127. The number of nitrogens with zero attached hydrogens (tertiary/aromatic N) is 1. The fourth-order valence-corrected chi connectivity index (χ4v) is 2.54. The van der Waals surface area contributed by atoms with Crippen LogP contribution in [-0.2, 0) is 0 Å². The first-order valence-electron chi connectivity index (χ1n) is 6.41. The molecule has 20 heavy (non-hydrogen) atoms. The average molecular weight is 397 g/mol. The average Bonchev–Trinajstić information content (AvgIpc) is 3.18. The van der Waals surface area contributed by atoms with Gasteiger partial charge in [-0.2, -0.15) is 13.2 Å². The molecule has 1 aromatic rings. The molecule has 1 amide bonds. The molecule has 1 unspecified atom stereocenters. The second-order valence-corrected chi connectivity index (χ2v) is 6.38. The van der Waals surface area contributed by atoms with Gasteiger partial charge in [-0.05, 0) is 72.5 Å². The second-order valence-electron chi connectivity index (χ2n) is 5.13. The van der Waals surface area contributed by atoms with Gasteiger partial charge in [0.15, 0.2) is 0 Å². The van der Waals surface area contributed by atoms with Crippen LogP contribution in [0.2, 0.25) is 0 Å². The van der Waals surface area contributed by atoms with Crippen molar-refractivity contribution in [1.29, 1.82) is 0 Å². The number of rotatable bonds is 4. The van der Waals surface area contributed by atoms with E-state index in [2.05, 4.69) is 22.6 Å². The van der Waals surface area contributed by atoms with E-state index >= 15 is 0 Å². The number of hydrogen-bond acceptors (Lipinski definition) is 1. The minimum atomic E-state index is -4.37. The van der Waals surface area contributed by atoms with E-state index in [1.807, 2.05) is 0 Å². The topological polar surface area (TPSA) is 20.3 Å². The van der Waals surface area contributed by atoms with Crippen LogP contribution >= 0.6 is 22.6 Å². The molecule has 0 bridgehead atoms. The summed E-state index contributed by atoms with van der Waals surface area (Å²) in [5.41, 5.74) is 0.308. The first-order chi connectivity index (χ1) is 9.28. The molecule has 1 fully saturated rings. The minimum Gasteiger partial charge on any atom is -0.327 e. The molecule has 6 heteroatoms. The summed E-state index contributed by atoms with van der Waals surface area (Å²) in [4.78, 5) is 13.3. The lowest BCUT2D eigenvalue weighted by atomic mass is 10.1. The molecule has 0 heterocycles. The predicted molar refractivity (Wildman–Crippen MR) is 78.4 cm³/mol. The van der Waals surface area contributed by atoms with Crippen LogP contribution in [0.5, 0.6) is 0 Å². The molecule has 1 saturated carbocycles. The molecule has 0 aromatic heterocycles. The molecule has 2 rings (SSSR count). The van der Waals surface area contributed by atoms with E-state index in [9.17, 15) is 18.0 Å². The van der Waals surface area contributed by atoms with Gasteiger partial charge in [0.25, 0.3) is 5.91 Å². The molecule has 1 aliphatic carbocycles. The van der Waals surface area contributed by atoms with Crippen LogP contribution in [0.3, 0.4) is 0 Å². The van der Waals surface area contributed by atoms with Crippen molar-refractivity contribution in [3.8, 4) is 0 Å². The summed E-state index contributed by atoms with van der Waals surface area (Å²) in [5.74, 6) is -0.344. The molecule has 0 N–H and O–H groups in total. The zero-order valence-corrected chi connectivity index (χ0v) is 13.1. The summed E-state index contributed by atoms with van der Waals surface area (Å²) in [6.07, 6.45) is -2.58. The number of benzene rings is 1. The molecule has 2 nitrogen and oxygen atoms in total. The van der Waals surface area contributed by atoms with Crippen molar-refractivity contribution in [3.63, 3.8) is 0 Å². The monoisotopic (exact) mass is 397 g/mol. The molecule has 110 valence electrons. The smallest absolute Gasteiger partial charge is 0.327 e. The van der Waals surface area contributed by atoms with Crippen molar-refractivity contribution < 1.29 is 18.0 Å². The molecule has 0 aliphatic heterocycles. The molecule has 1 atom stereocenters. The van der Waals surface area contributed by atoms with Crippen LogP contribution < -0.4 is 0 Å². The Morgan fingerprint density at radius 2 is 1.90 bits per heavy atom. The van der Waals surface area contributed by atoms with Crippen LogP contribution in [-0.4, -0.2) is 29.6 Å². The Morgan fingerprint density at radius 3 is 2.35 bits per heavy atom. The van der Waals surface area contributed by atoms with E-state index in [0.29, 0.717) is 5.56 Å². The molecule has 0 radical (unpaired) electrons. The summed E-state index contributed by atoms with van der Waals surface area (Å²) in [5, 5.41) is 0. The number of alkyl halides is 3. The highest BCUT2D eigenvalue weighted by molar-refractivity contribution is 14.1. The van der Waals surface area contributed by atoms with Crippen LogP contribution in [0.25, 0.3) is 0 Å². The Hall–Kier alpha value is -0.790. The van der Waals surface area contributed by atoms with Crippen LogP contribution in [0.15, 0.2) is 24.3 Å². The van der Waals surface area contributed by atoms with Crippen LogP contribution in [0.1, 0.15) is 30.1 Å². The third-order valence-corrected chi connectivity index (χ3v) is 4.22. The lowest BCUT2D eigenvalue weighted by molar-refractivity contribution is -0.144. The van der Waals surface area contributed by atoms with Crippen LogP contribution in [0.4, 0.5) is 13.2 Å². The highest BCUT2D eigenvalue weighted by Crippen LogP contribution is 2.36. The van der Waals surface area contributed by atoms with Crippen LogP contribution in [0, 0.1) is 9.49 Å². The Labute approximate surface area is 129 Å². The maximum absolute atomic E-state index is 12.7. The fraction of sp³-hybridized carbons (Fsp3) is 0.500.